The van der Waals surface area contributed by atoms with Crippen LogP contribution in [0.2, 0.25) is 0 Å². The quantitative estimate of drug-likeness (QED) is 0.265. The Morgan fingerprint density at radius 1 is 1.21 bits per heavy atom. The number of benzene rings is 1. The zero-order valence-electron chi connectivity index (χ0n) is 25.3. The smallest absolute Gasteiger partial charge is 0.410 e. The van der Waals surface area contributed by atoms with Crippen molar-refractivity contribution in [2.24, 2.45) is 5.92 Å². The molecule has 0 bridgehead atoms. The molecule has 0 radical (unpaired) electrons. The number of nitrogens with one attached hydrogen (secondary N) is 1. The average molecular weight is 607 g/mol. The zero-order valence-corrected chi connectivity index (χ0v) is 26.2. The fourth-order valence-electron chi connectivity index (χ4n) is 6.57. The topological polar surface area (TPSA) is 101 Å². The second-order valence-corrected chi connectivity index (χ2v) is 13.3. The van der Waals surface area contributed by atoms with Crippen LogP contribution in [0.1, 0.15) is 74.8 Å². The lowest BCUT2D eigenvalue weighted by molar-refractivity contribution is -0.151. The van der Waals surface area contributed by atoms with Crippen LogP contribution in [0, 0.1) is 5.92 Å². The number of carbonyl (C=O) groups excluding carboxylic acids is 3. The molecule has 2 aromatic rings. The lowest BCUT2D eigenvalue weighted by Crippen LogP contribution is -2.50. The second-order valence-electron chi connectivity index (χ2n) is 12.4. The van der Waals surface area contributed by atoms with E-state index in [9.17, 15) is 14.4 Å². The minimum atomic E-state index is -0.831. The molecule has 0 unspecified atom stereocenters. The van der Waals surface area contributed by atoms with Crippen molar-refractivity contribution in [2.75, 3.05) is 19.0 Å². The number of hydrogen-bond donors (Lipinski definition) is 1. The van der Waals surface area contributed by atoms with E-state index in [1.807, 2.05) is 29.7 Å². The van der Waals surface area contributed by atoms with E-state index in [1.165, 1.54) is 18.4 Å². The van der Waals surface area contributed by atoms with E-state index in [0.29, 0.717) is 18.2 Å². The van der Waals surface area contributed by atoms with Gasteiger partial charge in [0.2, 0.25) is 5.91 Å². The molecule has 2 aliphatic heterocycles. The maximum absolute atomic E-state index is 14.2. The van der Waals surface area contributed by atoms with E-state index in [2.05, 4.69) is 32.3 Å². The molecule has 10 heteroatoms. The summed E-state index contributed by atoms with van der Waals surface area (Å²) in [6.45, 7) is 13.0. The van der Waals surface area contributed by atoms with Gasteiger partial charge in [0.05, 0.1) is 25.9 Å². The molecule has 3 heterocycles. The number of rotatable bonds is 10. The van der Waals surface area contributed by atoms with Crippen molar-refractivity contribution >= 4 is 40.5 Å². The Bertz CT molecular complexity index is 1380. The number of allylic oxidation sites excluding steroid dienone is 1. The molecule has 1 N–H and O–H groups in total. The van der Waals surface area contributed by atoms with Gasteiger partial charge in [0.1, 0.15) is 18.2 Å². The van der Waals surface area contributed by atoms with Crippen molar-refractivity contribution in [1.29, 1.82) is 0 Å². The number of amides is 2. The molecule has 0 spiro atoms. The first-order valence-corrected chi connectivity index (χ1v) is 15.9. The van der Waals surface area contributed by atoms with Gasteiger partial charge >= 0.3 is 12.1 Å². The van der Waals surface area contributed by atoms with E-state index in [1.54, 1.807) is 15.9 Å². The van der Waals surface area contributed by atoms with Crippen LogP contribution >= 0.6 is 11.3 Å². The third-order valence-corrected chi connectivity index (χ3v) is 9.83. The summed E-state index contributed by atoms with van der Waals surface area (Å²) in [6, 6.07) is 4.56. The van der Waals surface area contributed by atoms with Gasteiger partial charge in [0.25, 0.3) is 0 Å². The number of anilines is 1. The van der Waals surface area contributed by atoms with Gasteiger partial charge < -0.3 is 19.7 Å². The summed E-state index contributed by atoms with van der Waals surface area (Å²) < 4.78 is 11.0. The predicted molar refractivity (Wildman–Crippen MR) is 168 cm³/mol. The Labute approximate surface area is 257 Å². The Balaban J connectivity index is 1.31. The molecule has 1 aliphatic carbocycles. The highest BCUT2D eigenvalue weighted by atomic mass is 32.1. The number of thiazole rings is 1. The highest BCUT2D eigenvalue weighted by Gasteiger charge is 2.46. The molecule has 1 aromatic carbocycles. The van der Waals surface area contributed by atoms with Crippen molar-refractivity contribution in [3.8, 4) is 0 Å². The number of nitrogens with zero attached hydrogens (tertiary/aromatic N) is 3. The number of fused-ring (bicyclic) bond motifs is 1. The fourth-order valence-corrected chi connectivity index (χ4v) is 7.51. The normalized spacial score (nSPS) is 20.9. The highest BCUT2D eigenvalue weighted by molar-refractivity contribution is 7.13. The lowest BCUT2D eigenvalue weighted by Gasteiger charge is -2.30. The lowest BCUT2D eigenvalue weighted by atomic mass is 9.86. The van der Waals surface area contributed by atoms with E-state index in [0.717, 1.165) is 54.5 Å². The summed E-state index contributed by atoms with van der Waals surface area (Å²) in [4.78, 5) is 48.4. The van der Waals surface area contributed by atoms with E-state index < -0.39 is 30.3 Å². The van der Waals surface area contributed by atoms with Crippen LogP contribution in [0.3, 0.4) is 0 Å². The number of methoxy groups -OCH3 is 1. The summed E-state index contributed by atoms with van der Waals surface area (Å²) >= 11 is 1.48. The molecular weight excluding hydrogens is 564 g/mol. The first kappa shape index (κ1) is 30.8. The third-order valence-electron chi connectivity index (χ3n) is 9.05. The zero-order chi connectivity index (χ0) is 30.7. The molecule has 43 heavy (non-hydrogen) atoms. The van der Waals surface area contributed by atoms with Crippen molar-refractivity contribution < 1.29 is 23.9 Å². The second kappa shape index (κ2) is 12.9. The van der Waals surface area contributed by atoms with E-state index in [-0.39, 0.29) is 30.2 Å². The first-order valence-electron chi connectivity index (χ1n) is 15.1. The number of ether oxygens (including phenoxy) is 2. The monoisotopic (exact) mass is 606 g/mol. The molecule has 1 saturated heterocycles. The van der Waals surface area contributed by atoms with Crippen molar-refractivity contribution in [1.82, 2.24) is 14.8 Å². The molecule has 9 nitrogen and oxygen atoms in total. The van der Waals surface area contributed by atoms with Gasteiger partial charge in [0.15, 0.2) is 5.13 Å². The standard InChI is InChI=1S/C33H42N4O5S/c1-6-15-33(3,4)27-20-43-31(34-27)35-28(22-11-8-9-12-22)29(38)37-18-24(16-26(37)30(39)41-5)42-32(40)36-17-23-14-10-13-21(7-2)25(23)19-36/h6-7,10,13-14,20,22,24,26,28H,1-2,8-9,11-12,15-19H2,3-5H3,(H,34,35)/t24-,26+,28+/m1/s1. The largest absolute Gasteiger partial charge is 0.467 e. The number of esters is 1. The average Bonchev–Trinajstić information content (AvgIpc) is 3.81. The molecule has 1 saturated carbocycles. The predicted octanol–water partition coefficient (Wildman–Crippen LogP) is 5.91. The van der Waals surface area contributed by atoms with Crippen LogP contribution in [-0.4, -0.2) is 64.6 Å². The van der Waals surface area contributed by atoms with Gasteiger partial charge in [-0.05, 0) is 41.9 Å². The molecule has 3 atom stereocenters. The van der Waals surface area contributed by atoms with Crippen molar-refractivity contribution in [3.05, 3.63) is 65.2 Å². The number of likely N-dealkylation sites (tertiary alicyclic amines) is 1. The number of aromatic nitrogens is 1. The van der Waals surface area contributed by atoms with Crippen molar-refractivity contribution in [2.45, 2.75) is 89.1 Å². The van der Waals surface area contributed by atoms with E-state index >= 15 is 0 Å². The summed E-state index contributed by atoms with van der Waals surface area (Å²) in [5, 5.41) is 6.15. The Kier molecular flexibility index (Phi) is 9.25. The minimum Gasteiger partial charge on any atom is -0.467 e. The van der Waals surface area contributed by atoms with Crippen LogP contribution in [0.5, 0.6) is 0 Å². The molecule has 2 fully saturated rings. The molecule has 5 rings (SSSR count). The Morgan fingerprint density at radius 3 is 2.67 bits per heavy atom. The van der Waals surface area contributed by atoms with Gasteiger partial charge in [-0.15, -0.1) is 17.9 Å². The van der Waals surface area contributed by atoms with Crippen LogP contribution < -0.4 is 5.32 Å². The Morgan fingerprint density at radius 2 is 1.98 bits per heavy atom. The summed E-state index contributed by atoms with van der Waals surface area (Å²) in [5.41, 5.74) is 3.90. The summed E-state index contributed by atoms with van der Waals surface area (Å²) in [5.74, 6) is -0.584. The van der Waals surface area contributed by atoms with Gasteiger partial charge in [-0.25, -0.2) is 14.6 Å². The minimum absolute atomic E-state index is 0.114. The maximum Gasteiger partial charge on any atom is 0.410 e. The SMILES string of the molecule is C=CCC(C)(C)c1csc(N[C@H](C(=O)N2C[C@H](OC(=O)N3Cc4cccc(C=C)c4C3)C[C@H]2C(=O)OC)C2CCCC2)n1. The van der Waals surface area contributed by atoms with Gasteiger partial charge in [0, 0.05) is 23.8 Å². The van der Waals surface area contributed by atoms with E-state index in [4.69, 9.17) is 14.5 Å². The van der Waals surface area contributed by atoms with Crippen molar-refractivity contribution in [3.63, 3.8) is 0 Å². The van der Waals surface area contributed by atoms with Gasteiger partial charge in [-0.2, -0.15) is 0 Å². The number of carbonyl (C=O) groups is 3. The molecule has 3 aliphatic rings. The number of hydrogen-bond acceptors (Lipinski definition) is 8. The first-order chi connectivity index (χ1) is 20.6. The van der Waals surface area contributed by atoms with Gasteiger partial charge in [-0.3, -0.25) is 9.69 Å². The molecule has 2 amide bonds. The summed E-state index contributed by atoms with van der Waals surface area (Å²) in [7, 11) is 1.32. The van der Waals surface area contributed by atoms with Crippen LogP contribution in [0.4, 0.5) is 9.93 Å². The molecule has 230 valence electrons. The Hall–Kier alpha value is -3.66. The van der Waals surface area contributed by atoms with Crippen LogP contribution in [-0.2, 0) is 37.6 Å². The van der Waals surface area contributed by atoms with Crippen LogP contribution in [0.15, 0.2) is 42.8 Å². The van der Waals surface area contributed by atoms with Crippen LogP contribution in [0.25, 0.3) is 6.08 Å². The molecule has 1 aromatic heterocycles. The molecular formula is C33H42N4O5S. The maximum atomic E-state index is 14.2. The fraction of sp³-hybridized carbons (Fsp3) is 0.515. The summed E-state index contributed by atoms with van der Waals surface area (Å²) in [6.07, 6.45) is 7.51. The van der Waals surface area contributed by atoms with Gasteiger partial charge in [-0.1, -0.05) is 63.6 Å². The third kappa shape index (κ3) is 6.49. The highest BCUT2D eigenvalue weighted by Crippen LogP contribution is 2.35.